The molecule has 0 aliphatic carbocycles. The Hall–Kier alpha value is -3.45. The predicted octanol–water partition coefficient (Wildman–Crippen LogP) is 5.01. The number of ether oxygens (including phenoxy) is 2. The van der Waals surface area contributed by atoms with Crippen molar-refractivity contribution in [3.63, 3.8) is 0 Å². The van der Waals surface area contributed by atoms with Crippen LogP contribution in [0.25, 0.3) is 0 Å². The van der Waals surface area contributed by atoms with Crippen molar-refractivity contribution in [2.24, 2.45) is 0 Å². The highest BCUT2D eigenvalue weighted by Gasteiger charge is 2.24. The highest BCUT2D eigenvalue weighted by Crippen LogP contribution is 2.37. The van der Waals surface area contributed by atoms with Crippen LogP contribution >= 0.6 is 11.6 Å². The number of nitrogens with zero attached hydrogens (tertiary/aromatic N) is 1. The van der Waals surface area contributed by atoms with E-state index in [0.717, 1.165) is 0 Å². The summed E-state index contributed by atoms with van der Waals surface area (Å²) in [5.74, 6) is 0.500. The number of carbonyl (C=O) groups excluding carboxylic acids is 2. The number of furan rings is 1. The van der Waals surface area contributed by atoms with Crippen LogP contribution in [-0.2, 0) is 11.3 Å². The zero-order valence-electron chi connectivity index (χ0n) is 18.1. The molecule has 8 heteroatoms. The molecule has 168 valence electrons. The van der Waals surface area contributed by atoms with Crippen molar-refractivity contribution in [3.8, 4) is 11.5 Å². The lowest BCUT2D eigenvalue weighted by Gasteiger charge is -2.22. The Morgan fingerprint density at radius 2 is 1.88 bits per heavy atom. The van der Waals surface area contributed by atoms with Gasteiger partial charge in [0.15, 0.2) is 11.5 Å². The van der Waals surface area contributed by atoms with E-state index in [1.807, 2.05) is 32.0 Å². The summed E-state index contributed by atoms with van der Waals surface area (Å²) in [6, 6.07) is 15.6. The van der Waals surface area contributed by atoms with Crippen LogP contribution in [-0.4, -0.2) is 36.5 Å². The molecule has 0 bridgehead atoms. The van der Waals surface area contributed by atoms with E-state index in [1.165, 1.54) is 24.3 Å². The first-order chi connectivity index (χ1) is 15.4. The van der Waals surface area contributed by atoms with Gasteiger partial charge in [0.2, 0.25) is 5.91 Å². The van der Waals surface area contributed by atoms with E-state index in [-0.39, 0.29) is 35.7 Å². The van der Waals surface area contributed by atoms with Crippen LogP contribution in [0.15, 0.2) is 65.3 Å². The van der Waals surface area contributed by atoms with Crippen molar-refractivity contribution in [2.75, 3.05) is 19.0 Å². The van der Waals surface area contributed by atoms with Crippen molar-refractivity contribution in [2.45, 2.75) is 26.5 Å². The molecule has 0 radical (unpaired) electrons. The van der Waals surface area contributed by atoms with Gasteiger partial charge in [0.05, 0.1) is 31.0 Å². The van der Waals surface area contributed by atoms with Crippen LogP contribution < -0.4 is 14.8 Å². The molecular formula is C24H25ClN2O5. The van der Waals surface area contributed by atoms with E-state index in [0.29, 0.717) is 22.9 Å². The average Bonchev–Trinajstić information content (AvgIpc) is 3.27. The van der Waals surface area contributed by atoms with Gasteiger partial charge < -0.3 is 24.1 Å². The lowest BCUT2D eigenvalue weighted by atomic mass is 10.1. The summed E-state index contributed by atoms with van der Waals surface area (Å²) < 4.78 is 16.5. The Balaban J connectivity index is 1.86. The molecule has 1 heterocycles. The number of anilines is 1. The molecule has 0 saturated carbocycles. The van der Waals surface area contributed by atoms with E-state index >= 15 is 0 Å². The van der Waals surface area contributed by atoms with Gasteiger partial charge in [-0.05, 0) is 50.2 Å². The third kappa shape index (κ3) is 6.04. The minimum atomic E-state index is -0.402. The van der Waals surface area contributed by atoms with Crippen LogP contribution in [0.3, 0.4) is 0 Å². The predicted molar refractivity (Wildman–Crippen MR) is 122 cm³/mol. The Labute approximate surface area is 191 Å². The first-order valence-corrected chi connectivity index (χ1v) is 10.5. The largest absolute Gasteiger partial charge is 0.493 e. The summed E-state index contributed by atoms with van der Waals surface area (Å²) in [5.41, 5.74) is 0.907. The second kappa shape index (κ2) is 10.7. The first kappa shape index (κ1) is 23.2. The molecule has 0 aliphatic heterocycles. The number of methoxy groups -OCH3 is 1. The lowest BCUT2D eigenvalue weighted by molar-refractivity contribution is -0.117. The standard InChI is InChI=1S/C24H25ClN2O5/c1-16(2)32-23-20(25)12-17(13-21(23)30-3)24(29)27(14-19-10-7-11-31-19)15-22(28)26-18-8-5-4-6-9-18/h4-13,16H,14-15H2,1-3H3,(H,26,28). The maximum Gasteiger partial charge on any atom is 0.254 e. The van der Waals surface area contributed by atoms with Crippen molar-refractivity contribution in [3.05, 3.63) is 77.2 Å². The van der Waals surface area contributed by atoms with E-state index in [4.69, 9.17) is 25.5 Å². The molecule has 0 unspecified atom stereocenters. The van der Waals surface area contributed by atoms with E-state index in [9.17, 15) is 9.59 Å². The number of hydrogen-bond donors (Lipinski definition) is 1. The number of rotatable bonds is 9. The van der Waals surface area contributed by atoms with Crippen LogP contribution in [0, 0.1) is 0 Å². The van der Waals surface area contributed by atoms with Crippen molar-refractivity contribution in [1.29, 1.82) is 0 Å². The van der Waals surface area contributed by atoms with Gasteiger partial charge >= 0.3 is 0 Å². The Kier molecular flexibility index (Phi) is 7.78. The van der Waals surface area contributed by atoms with Gasteiger partial charge in [-0.15, -0.1) is 0 Å². The molecule has 0 fully saturated rings. The Morgan fingerprint density at radius 1 is 1.12 bits per heavy atom. The fraction of sp³-hybridized carbons (Fsp3) is 0.250. The summed E-state index contributed by atoms with van der Waals surface area (Å²) in [7, 11) is 1.47. The molecule has 3 rings (SSSR count). The number of halogens is 1. The van der Waals surface area contributed by atoms with E-state index < -0.39 is 5.91 Å². The first-order valence-electron chi connectivity index (χ1n) is 10.1. The zero-order valence-corrected chi connectivity index (χ0v) is 18.9. The maximum atomic E-state index is 13.4. The normalized spacial score (nSPS) is 10.7. The van der Waals surface area contributed by atoms with Gasteiger partial charge in [-0.3, -0.25) is 9.59 Å². The number of benzene rings is 2. The van der Waals surface area contributed by atoms with Gasteiger partial charge in [-0.25, -0.2) is 0 Å². The van der Waals surface area contributed by atoms with Crippen LogP contribution in [0.1, 0.15) is 30.0 Å². The molecule has 0 spiro atoms. The summed E-state index contributed by atoms with van der Waals surface area (Å²) in [5, 5.41) is 3.03. The highest BCUT2D eigenvalue weighted by atomic mass is 35.5. The summed E-state index contributed by atoms with van der Waals surface area (Å²) in [6.07, 6.45) is 1.39. The van der Waals surface area contributed by atoms with E-state index in [2.05, 4.69) is 5.32 Å². The number of hydrogen-bond acceptors (Lipinski definition) is 5. The molecule has 1 N–H and O–H groups in total. The van der Waals surface area contributed by atoms with Gasteiger partial charge in [0.1, 0.15) is 12.3 Å². The maximum absolute atomic E-state index is 13.4. The van der Waals surface area contributed by atoms with Crippen molar-refractivity contribution in [1.82, 2.24) is 4.90 Å². The lowest BCUT2D eigenvalue weighted by Crippen LogP contribution is -2.37. The molecule has 7 nitrogen and oxygen atoms in total. The second-order valence-electron chi connectivity index (χ2n) is 7.31. The molecule has 1 aromatic heterocycles. The van der Waals surface area contributed by atoms with Crippen molar-refractivity contribution >= 4 is 29.1 Å². The zero-order chi connectivity index (χ0) is 23.1. The summed E-state index contributed by atoms with van der Waals surface area (Å²) in [4.78, 5) is 27.4. The van der Waals surface area contributed by atoms with Crippen LogP contribution in [0.5, 0.6) is 11.5 Å². The minimum absolute atomic E-state index is 0.109. The van der Waals surface area contributed by atoms with E-state index in [1.54, 1.807) is 30.3 Å². The second-order valence-corrected chi connectivity index (χ2v) is 7.72. The molecule has 0 aliphatic rings. The molecule has 32 heavy (non-hydrogen) atoms. The highest BCUT2D eigenvalue weighted by molar-refractivity contribution is 6.32. The quantitative estimate of drug-likeness (QED) is 0.489. The number of carbonyl (C=O) groups is 2. The number of amides is 2. The fourth-order valence-corrected chi connectivity index (χ4v) is 3.32. The van der Waals surface area contributed by atoms with Crippen molar-refractivity contribution < 1.29 is 23.5 Å². The van der Waals surface area contributed by atoms with Gasteiger partial charge in [0.25, 0.3) is 5.91 Å². The average molecular weight is 457 g/mol. The Bertz CT molecular complexity index is 1050. The SMILES string of the molecule is COc1cc(C(=O)N(CC(=O)Nc2ccccc2)Cc2ccco2)cc(Cl)c1OC(C)C. The van der Waals surface area contributed by atoms with Gasteiger partial charge in [-0.2, -0.15) is 0 Å². The van der Waals surface area contributed by atoms with Crippen LogP contribution in [0.4, 0.5) is 5.69 Å². The monoisotopic (exact) mass is 456 g/mol. The topological polar surface area (TPSA) is 81.0 Å². The van der Waals surface area contributed by atoms with Crippen LogP contribution in [0.2, 0.25) is 5.02 Å². The number of nitrogens with one attached hydrogen (secondary N) is 1. The summed E-state index contributed by atoms with van der Waals surface area (Å²) >= 11 is 6.39. The molecule has 2 aromatic carbocycles. The molecule has 0 saturated heterocycles. The Morgan fingerprint density at radius 3 is 2.50 bits per heavy atom. The van der Waals surface area contributed by atoms with Gasteiger partial charge in [0, 0.05) is 11.3 Å². The number of para-hydroxylation sites is 1. The third-order valence-electron chi connectivity index (χ3n) is 4.44. The fourth-order valence-electron chi connectivity index (χ4n) is 3.06. The smallest absolute Gasteiger partial charge is 0.254 e. The minimum Gasteiger partial charge on any atom is -0.493 e. The third-order valence-corrected chi connectivity index (χ3v) is 4.72. The summed E-state index contributed by atoms with van der Waals surface area (Å²) in [6.45, 7) is 3.66. The van der Waals surface area contributed by atoms with Gasteiger partial charge in [-0.1, -0.05) is 29.8 Å². The molecule has 0 atom stereocenters. The molecule has 2 amide bonds. The molecule has 3 aromatic rings. The molecular weight excluding hydrogens is 432 g/mol.